The van der Waals surface area contributed by atoms with E-state index >= 15 is 0 Å². The van der Waals surface area contributed by atoms with Crippen LogP contribution in [0.2, 0.25) is 0 Å². The summed E-state index contributed by atoms with van der Waals surface area (Å²) in [5, 5.41) is 0. The number of aryl methyl sites for hydroxylation is 1. The molecular formula is C9H13NO3S. The van der Waals surface area contributed by atoms with E-state index in [1.165, 1.54) is 0 Å². The van der Waals surface area contributed by atoms with Crippen LogP contribution in [0, 0.1) is 0 Å². The van der Waals surface area contributed by atoms with Gasteiger partial charge < -0.3 is 4.55 Å². The molecule has 0 fully saturated rings. The van der Waals surface area contributed by atoms with Gasteiger partial charge in [0.1, 0.15) is 7.05 Å². The van der Waals surface area contributed by atoms with Crippen molar-refractivity contribution in [1.29, 1.82) is 0 Å². The maximum Gasteiger partial charge on any atom is 0.168 e. The Morgan fingerprint density at radius 1 is 1.36 bits per heavy atom. The van der Waals surface area contributed by atoms with Crippen molar-refractivity contribution in [3.8, 4) is 0 Å². The van der Waals surface area contributed by atoms with E-state index in [0.29, 0.717) is 0 Å². The van der Waals surface area contributed by atoms with Crippen LogP contribution in [0.3, 0.4) is 0 Å². The molecule has 1 heterocycles. The molecule has 0 N–H and O–H groups in total. The summed E-state index contributed by atoms with van der Waals surface area (Å²) in [4.78, 5) is 0. The Labute approximate surface area is 84.3 Å². The monoisotopic (exact) mass is 215 g/mol. The second-order valence-electron chi connectivity index (χ2n) is 2.55. The Morgan fingerprint density at radius 3 is 2.00 bits per heavy atom. The van der Waals surface area contributed by atoms with Crippen LogP contribution in [0.15, 0.2) is 43.2 Å². The highest BCUT2D eigenvalue weighted by Gasteiger charge is 1.83. The molecule has 0 aliphatic rings. The van der Waals surface area contributed by atoms with Gasteiger partial charge in [-0.3, -0.25) is 0 Å². The summed E-state index contributed by atoms with van der Waals surface area (Å²) < 4.78 is 30.8. The van der Waals surface area contributed by atoms with Gasteiger partial charge in [-0.1, -0.05) is 12.1 Å². The van der Waals surface area contributed by atoms with Crippen molar-refractivity contribution in [2.24, 2.45) is 7.05 Å². The molecule has 0 bridgehead atoms. The first-order valence-corrected chi connectivity index (χ1v) is 5.48. The van der Waals surface area contributed by atoms with Gasteiger partial charge in [-0.15, -0.1) is 6.58 Å². The standard InChI is InChI=1S/C6H8N.C3H6O3S/c1-7-5-3-2-4-6-7;1-2-3-7(4,5)6/h2-6H,1H3;2H,1,3H2,(H,4,5,6)/q+1;/p-1. The average Bonchev–Trinajstić information content (AvgIpc) is 2.04. The lowest BCUT2D eigenvalue weighted by Gasteiger charge is -1.98. The van der Waals surface area contributed by atoms with Crippen LogP contribution in [0.1, 0.15) is 0 Å². The summed E-state index contributed by atoms with van der Waals surface area (Å²) in [5.74, 6) is -0.479. The van der Waals surface area contributed by atoms with Gasteiger partial charge in [-0.25, -0.2) is 13.0 Å². The van der Waals surface area contributed by atoms with Crippen molar-refractivity contribution in [2.75, 3.05) is 5.75 Å². The van der Waals surface area contributed by atoms with Crippen molar-refractivity contribution in [3.63, 3.8) is 0 Å². The molecule has 1 rings (SSSR count). The Kier molecular flexibility index (Phi) is 5.74. The number of hydrogen-bond donors (Lipinski definition) is 0. The average molecular weight is 215 g/mol. The molecule has 4 nitrogen and oxygen atoms in total. The largest absolute Gasteiger partial charge is 0.748 e. The zero-order chi connectivity index (χ0) is 11.0. The molecule has 1 aromatic heterocycles. The minimum Gasteiger partial charge on any atom is -0.748 e. The number of aromatic nitrogens is 1. The molecular weight excluding hydrogens is 202 g/mol. The van der Waals surface area contributed by atoms with Gasteiger partial charge in [0.25, 0.3) is 0 Å². The lowest BCUT2D eigenvalue weighted by Crippen LogP contribution is -2.25. The minimum absolute atomic E-state index is 0.479. The fourth-order valence-corrected chi connectivity index (χ4v) is 0.918. The molecule has 1 aromatic rings. The van der Waals surface area contributed by atoms with Crippen LogP contribution < -0.4 is 4.57 Å². The molecule has 0 aliphatic carbocycles. The molecule has 0 saturated carbocycles. The summed E-state index contributed by atoms with van der Waals surface area (Å²) in [6, 6.07) is 6.00. The molecule has 0 atom stereocenters. The van der Waals surface area contributed by atoms with E-state index in [-0.39, 0.29) is 0 Å². The Hall–Kier alpha value is -1.20. The normalized spacial score (nSPS) is 9.86. The third-order valence-corrected chi connectivity index (χ3v) is 1.83. The van der Waals surface area contributed by atoms with Crippen molar-refractivity contribution in [2.45, 2.75) is 0 Å². The number of hydrogen-bond acceptors (Lipinski definition) is 3. The molecule has 78 valence electrons. The van der Waals surface area contributed by atoms with E-state index in [4.69, 9.17) is 0 Å². The summed E-state index contributed by atoms with van der Waals surface area (Å²) in [6.07, 6.45) is 5.06. The van der Waals surface area contributed by atoms with E-state index in [2.05, 4.69) is 6.58 Å². The van der Waals surface area contributed by atoms with Crippen molar-refractivity contribution < 1.29 is 17.5 Å². The minimum atomic E-state index is -4.04. The summed E-state index contributed by atoms with van der Waals surface area (Å²) in [6.45, 7) is 3.07. The van der Waals surface area contributed by atoms with Gasteiger partial charge in [-0.05, 0) is 0 Å². The maximum atomic E-state index is 9.60. The molecule has 0 aliphatic heterocycles. The predicted octanol–water partition coefficient (Wildman–Crippen LogP) is 0.229. The van der Waals surface area contributed by atoms with E-state index in [9.17, 15) is 13.0 Å². The smallest absolute Gasteiger partial charge is 0.168 e. The Morgan fingerprint density at radius 2 is 1.86 bits per heavy atom. The predicted molar refractivity (Wildman–Crippen MR) is 52.4 cm³/mol. The first-order chi connectivity index (χ1) is 6.45. The fraction of sp³-hybridized carbons (Fsp3) is 0.222. The van der Waals surface area contributed by atoms with Crippen LogP contribution in [0.25, 0.3) is 0 Å². The molecule has 0 aromatic carbocycles. The topological polar surface area (TPSA) is 61.1 Å². The first-order valence-electron chi connectivity index (χ1n) is 3.90. The van der Waals surface area contributed by atoms with Crippen LogP contribution in [-0.4, -0.2) is 18.7 Å². The van der Waals surface area contributed by atoms with Crippen molar-refractivity contribution in [1.82, 2.24) is 0 Å². The van der Waals surface area contributed by atoms with Crippen molar-refractivity contribution >= 4 is 10.1 Å². The fourth-order valence-electron chi connectivity index (χ4n) is 0.629. The van der Waals surface area contributed by atoms with E-state index in [1.807, 2.05) is 42.2 Å². The second-order valence-corrected chi connectivity index (χ2v) is 4.00. The van der Waals surface area contributed by atoms with Crippen LogP contribution in [0.5, 0.6) is 0 Å². The van der Waals surface area contributed by atoms with Crippen molar-refractivity contribution in [3.05, 3.63) is 43.2 Å². The van der Waals surface area contributed by atoms with Gasteiger partial charge in [0.05, 0.1) is 15.9 Å². The Balaban J connectivity index is 0.000000241. The molecule has 0 spiro atoms. The summed E-state index contributed by atoms with van der Waals surface area (Å²) in [7, 11) is -2.04. The molecule has 0 amide bonds. The first kappa shape index (κ1) is 12.8. The highest BCUT2D eigenvalue weighted by atomic mass is 32.2. The summed E-state index contributed by atoms with van der Waals surface area (Å²) in [5.41, 5.74) is 0. The van der Waals surface area contributed by atoms with Gasteiger partial charge in [-0.2, -0.15) is 0 Å². The zero-order valence-electron chi connectivity index (χ0n) is 7.96. The maximum absolute atomic E-state index is 9.60. The number of rotatable bonds is 2. The number of nitrogens with zero attached hydrogens (tertiary/aromatic N) is 1. The van der Waals surface area contributed by atoms with E-state index in [0.717, 1.165) is 6.08 Å². The van der Waals surface area contributed by atoms with Crippen LogP contribution >= 0.6 is 0 Å². The summed E-state index contributed by atoms with van der Waals surface area (Å²) >= 11 is 0. The molecule has 5 heteroatoms. The molecule has 14 heavy (non-hydrogen) atoms. The van der Waals surface area contributed by atoms with Gasteiger partial charge in [0, 0.05) is 12.1 Å². The molecule has 0 saturated heterocycles. The Bertz CT molecular complexity index is 359. The number of pyridine rings is 1. The van der Waals surface area contributed by atoms with Crippen LogP contribution in [-0.2, 0) is 17.2 Å². The molecule has 0 radical (unpaired) electrons. The van der Waals surface area contributed by atoms with Gasteiger partial charge in [0.15, 0.2) is 12.4 Å². The quantitative estimate of drug-likeness (QED) is 0.403. The third kappa shape index (κ3) is 8.89. The van der Waals surface area contributed by atoms with Gasteiger partial charge in [0.2, 0.25) is 0 Å². The zero-order valence-corrected chi connectivity index (χ0v) is 8.78. The lowest BCUT2D eigenvalue weighted by atomic mass is 10.5. The van der Waals surface area contributed by atoms with E-state index in [1.54, 1.807) is 0 Å². The van der Waals surface area contributed by atoms with Crippen LogP contribution in [0.4, 0.5) is 0 Å². The highest BCUT2D eigenvalue weighted by molar-refractivity contribution is 7.85. The second kappa shape index (κ2) is 6.28. The van der Waals surface area contributed by atoms with Gasteiger partial charge >= 0.3 is 0 Å². The van der Waals surface area contributed by atoms with E-state index < -0.39 is 15.9 Å². The highest BCUT2D eigenvalue weighted by Crippen LogP contribution is 1.78. The third-order valence-electron chi connectivity index (χ3n) is 1.19. The SMILES string of the molecule is C=CCS(=O)(=O)[O-].C[n+]1ccccc1. The molecule has 0 unspecified atom stereocenters. The lowest BCUT2D eigenvalue weighted by molar-refractivity contribution is -0.671.